The highest BCUT2D eigenvalue weighted by Crippen LogP contribution is 2.26. The Bertz CT molecular complexity index is 1210. The predicted octanol–water partition coefficient (Wildman–Crippen LogP) is 3.96. The normalized spacial score (nSPS) is 16.9. The summed E-state index contributed by atoms with van der Waals surface area (Å²) in [7, 11) is -3.66. The van der Waals surface area contributed by atoms with E-state index >= 15 is 0 Å². The van der Waals surface area contributed by atoms with Crippen LogP contribution in [-0.4, -0.2) is 37.5 Å². The summed E-state index contributed by atoms with van der Waals surface area (Å²) in [6.45, 7) is 0.488. The van der Waals surface area contributed by atoms with Crippen molar-refractivity contribution in [1.29, 1.82) is 0 Å². The van der Waals surface area contributed by atoms with Crippen LogP contribution in [0.4, 0.5) is 5.69 Å². The Morgan fingerprint density at radius 3 is 2.19 bits per heavy atom. The van der Waals surface area contributed by atoms with Crippen LogP contribution >= 0.6 is 0 Å². The van der Waals surface area contributed by atoms with Crippen LogP contribution in [0.2, 0.25) is 0 Å². The summed E-state index contributed by atoms with van der Waals surface area (Å²) < 4.78 is 27.3. The summed E-state index contributed by atoms with van der Waals surface area (Å²) in [4.78, 5) is 26.2. The molecule has 32 heavy (non-hydrogen) atoms. The second-order valence-electron chi connectivity index (χ2n) is 7.75. The molecule has 1 saturated heterocycles. The van der Waals surface area contributed by atoms with Crippen molar-refractivity contribution in [2.45, 2.75) is 17.7 Å². The summed E-state index contributed by atoms with van der Waals surface area (Å²) in [5, 5.41) is 2.86. The third kappa shape index (κ3) is 4.64. The van der Waals surface area contributed by atoms with Gasteiger partial charge >= 0.3 is 0 Å². The molecule has 0 aliphatic carbocycles. The van der Waals surface area contributed by atoms with Gasteiger partial charge in [0, 0.05) is 24.2 Å². The molecule has 0 unspecified atom stereocenters. The minimum absolute atomic E-state index is 0.109. The van der Waals surface area contributed by atoms with E-state index in [2.05, 4.69) is 5.32 Å². The molecule has 6 nitrogen and oxygen atoms in total. The average Bonchev–Trinajstić information content (AvgIpc) is 2.85. The van der Waals surface area contributed by atoms with Crippen molar-refractivity contribution in [3.63, 3.8) is 0 Å². The van der Waals surface area contributed by atoms with Crippen molar-refractivity contribution < 1.29 is 18.0 Å². The monoisotopic (exact) mass is 448 g/mol. The molecule has 1 fully saturated rings. The van der Waals surface area contributed by atoms with Crippen LogP contribution in [0, 0.1) is 5.92 Å². The van der Waals surface area contributed by atoms with Gasteiger partial charge in [0.25, 0.3) is 0 Å². The van der Waals surface area contributed by atoms with Crippen molar-refractivity contribution >= 4 is 27.4 Å². The van der Waals surface area contributed by atoms with Crippen molar-refractivity contribution in [3.05, 3.63) is 96.1 Å². The zero-order chi connectivity index (χ0) is 22.6. The van der Waals surface area contributed by atoms with Gasteiger partial charge in [-0.1, -0.05) is 60.7 Å². The Morgan fingerprint density at radius 1 is 0.844 bits per heavy atom. The number of carbonyl (C=O) groups is 2. The third-order valence-electron chi connectivity index (χ3n) is 5.60. The lowest BCUT2D eigenvalue weighted by molar-refractivity contribution is -0.120. The number of nitrogens with one attached hydrogen (secondary N) is 1. The van der Waals surface area contributed by atoms with E-state index in [0.29, 0.717) is 36.2 Å². The Balaban J connectivity index is 1.51. The minimum atomic E-state index is -3.66. The smallest absolute Gasteiger partial charge is 0.243 e. The van der Waals surface area contributed by atoms with Gasteiger partial charge in [0.2, 0.25) is 15.9 Å². The van der Waals surface area contributed by atoms with E-state index in [9.17, 15) is 18.0 Å². The summed E-state index contributed by atoms with van der Waals surface area (Å²) in [5.74, 6) is -0.966. The molecule has 1 aliphatic heterocycles. The van der Waals surface area contributed by atoms with E-state index in [4.69, 9.17) is 0 Å². The molecule has 1 N–H and O–H groups in total. The summed E-state index contributed by atoms with van der Waals surface area (Å²) in [6, 6.07) is 24.0. The van der Waals surface area contributed by atoms with Gasteiger partial charge in [0.1, 0.15) is 0 Å². The predicted molar refractivity (Wildman–Crippen MR) is 123 cm³/mol. The quantitative estimate of drug-likeness (QED) is 0.579. The third-order valence-corrected chi connectivity index (χ3v) is 7.48. The standard InChI is InChI=1S/C25H24N2O4S/c28-24(19-10-3-1-4-11-19)22-15-7-8-16-23(22)26-25(29)20-12-9-17-27(18-20)32(30,31)21-13-5-2-6-14-21/h1-8,10-11,13-16,20H,9,12,17-18H2,(H,26,29)/t20-/m0/s1. The first-order valence-electron chi connectivity index (χ1n) is 10.5. The fourth-order valence-corrected chi connectivity index (χ4v) is 5.43. The number of piperidine rings is 1. The summed E-state index contributed by atoms with van der Waals surface area (Å²) >= 11 is 0. The molecule has 0 radical (unpaired) electrons. The maximum atomic E-state index is 13.0. The molecule has 3 aromatic carbocycles. The van der Waals surface area contributed by atoms with Gasteiger partial charge in [-0.25, -0.2) is 8.42 Å². The zero-order valence-electron chi connectivity index (χ0n) is 17.5. The zero-order valence-corrected chi connectivity index (χ0v) is 18.3. The lowest BCUT2D eigenvalue weighted by Gasteiger charge is -2.31. The molecule has 7 heteroatoms. The number of carbonyl (C=O) groups excluding carboxylic acids is 2. The van der Waals surface area contributed by atoms with Crippen LogP contribution in [0.3, 0.4) is 0 Å². The number of sulfonamides is 1. The number of hydrogen-bond acceptors (Lipinski definition) is 4. The van der Waals surface area contributed by atoms with E-state index in [1.54, 1.807) is 78.9 Å². The second-order valence-corrected chi connectivity index (χ2v) is 9.68. The lowest BCUT2D eigenvalue weighted by atomic mass is 9.97. The molecule has 4 rings (SSSR count). The Kier molecular flexibility index (Phi) is 6.48. The molecule has 1 heterocycles. The van der Waals surface area contributed by atoms with E-state index in [-0.39, 0.29) is 23.1 Å². The SMILES string of the molecule is O=C(c1ccccc1)c1ccccc1NC(=O)[C@H]1CCCN(S(=O)(=O)c2ccccc2)C1. The maximum absolute atomic E-state index is 13.0. The van der Waals surface area contributed by atoms with Gasteiger partial charge in [-0.3, -0.25) is 9.59 Å². The first kappa shape index (κ1) is 21.9. The summed E-state index contributed by atoms with van der Waals surface area (Å²) in [5.41, 5.74) is 1.36. The molecule has 1 atom stereocenters. The fourth-order valence-electron chi connectivity index (χ4n) is 3.89. The van der Waals surface area contributed by atoms with Gasteiger partial charge in [-0.05, 0) is 37.1 Å². The molecule has 0 saturated carbocycles. The number of hydrogen-bond donors (Lipinski definition) is 1. The van der Waals surface area contributed by atoms with Crippen molar-refractivity contribution in [3.8, 4) is 0 Å². The van der Waals surface area contributed by atoms with Crippen LogP contribution in [0.25, 0.3) is 0 Å². The van der Waals surface area contributed by atoms with Gasteiger partial charge in [0.05, 0.1) is 16.5 Å². The van der Waals surface area contributed by atoms with Crippen LogP contribution in [0.15, 0.2) is 89.8 Å². The van der Waals surface area contributed by atoms with E-state index in [0.717, 1.165) is 0 Å². The van der Waals surface area contributed by atoms with E-state index < -0.39 is 15.9 Å². The van der Waals surface area contributed by atoms with Crippen LogP contribution in [0.5, 0.6) is 0 Å². The minimum Gasteiger partial charge on any atom is -0.325 e. The molecule has 3 aromatic rings. The molecule has 0 aromatic heterocycles. The lowest BCUT2D eigenvalue weighted by Crippen LogP contribution is -2.43. The summed E-state index contributed by atoms with van der Waals surface area (Å²) in [6.07, 6.45) is 1.18. The number of anilines is 1. The van der Waals surface area contributed by atoms with Crippen LogP contribution in [-0.2, 0) is 14.8 Å². The maximum Gasteiger partial charge on any atom is 0.243 e. The highest BCUT2D eigenvalue weighted by molar-refractivity contribution is 7.89. The number of ketones is 1. The highest BCUT2D eigenvalue weighted by atomic mass is 32.2. The van der Waals surface area contributed by atoms with Gasteiger partial charge in [-0.15, -0.1) is 0 Å². The fraction of sp³-hybridized carbons (Fsp3) is 0.200. The number of amides is 1. The Labute approximate surface area is 187 Å². The molecular formula is C25H24N2O4S. The Hall–Kier alpha value is -3.29. The van der Waals surface area contributed by atoms with Gasteiger partial charge in [0.15, 0.2) is 5.78 Å². The number of rotatable bonds is 6. The van der Waals surface area contributed by atoms with E-state index in [1.165, 1.54) is 4.31 Å². The second kappa shape index (κ2) is 9.46. The van der Waals surface area contributed by atoms with E-state index in [1.807, 2.05) is 6.07 Å². The molecular weight excluding hydrogens is 424 g/mol. The molecule has 1 amide bonds. The van der Waals surface area contributed by atoms with Crippen molar-refractivity contribution in [1.82, 2.24) is 4.31 Å². The number of para-hydroxylation sites is 1. The average molecular weight is 449 g/mol. The molecule has 164 valence electrons. The topological polar surface area (TPSA) is 83.6 Å². The van der Waals surface area contributed by atoms with Crippen molar-refractivity contribution in [2.24, 2.45) is 5.92 Å². The molecule has 0 bridgehead atoms. The first-order valence-corrected chi connectivity index (χ1v) is 12.0. The number of nitrogens with zero attached hydrogens (tertiary/aromatic N) is 1. The van der Waals surface area contributed by atoms with Crippen LogP contribution < -0.4 is 5.32 Å². The highest BCUT2D eigenvalue weighted by Gasteiger charge is 2.33. The largest absolute Gasteiger partial charge is 0.325 e. The van der Waals surface area contributed by atoms with Gasteiger partial charge in [-0.2, -0.15) is 4.31 Å². The molecule has 1 aliphatic rings. The first-order chi connectivity index (χ1) is 15.5. The van der Waals surface area contributed by atoms with Crippen molar-refractivity contribution in [2.75, 3.05) is 18.4 Å². The molecule has 0 spiro atoms. The van der Waals surface area contributed by atoms with Crippen LogP contribution in [0.1, 0.15) is 28.8 Å². The number of benzene rings is 3. The Morgan fingerprint density at radius 2 is 1.47 bits per heavy atom. The van der Waals surface area contributed by atoms with Gasteiger partial charge < -0.3 is 5.32 Å².